The molecule has 0 amide bonds. The summed E-state index contributed by atoms with van der Waals surface area (Å²) >= 11 is 0. The molecule has 0 aliphatic heterocycles. The number of benzene rings is 1. The van der Waals surface area contributed by atoms with Gasteiger partial charge in [0.05, 0.1) is 5.56 Å². The first-order valence-electron chi connectivity index (χ1n) is 7.47. The van der Waals surface area contributed by atoms with Gasteiger partial charge in [-0.3, -0.25) is 0 Å². The van der Waals surface area contributed by atoms with E-state index in [4.69, 9.17) is 9.52 Å². The molecule has 1 unspecified atom stereocenters. The number of unbranched alkanes of at least 4 members (excludes halogenated alkanes) is 1. The third-order valence-corrected chi connectivity index (χ3v) is 3.75. The molecule has 5 nitrogen and oxygen atoms in total. The third kappa shape index (κ3) is 3.35. The maximum Gasteiger partial charge on any atom is 0.335 e. The summed E-state index contributed by atoms with van der Waals surface area (Å²) in [6.45, 7) is 7.33. The topological polar surface area (TPSA) is 66.6 Å². The van der Waals surface area contributed by atoms with Crippen LogP contribution in [0.25, 0.3) is 11.1 Å². The Morgan fingerprint density at radius 2 is 2.19 bits per heavy atom. The van der Waals surface area contributed by atoms with Crippen LogP contribution < -0.4 is 4.90 Å². The number of carbonyl (C=O) groups is 1. The Morgan fingerprint density at radius 3 is 2.81 bits per heavy atom. The number of rotatable bonds is 7. The van der Waals surface area contributed by atoms with Gasteiger partial charge in [-0.05, 0) is 38.0 Å². The van der Waals surface area contributed by atoms with Crippen molar-refractivity contribution in [3.63, 3.8) is 0 Å². The second-order valence-electron chi connectivity index (χ2n) is 5.29. The van der Waals surface area contributed by atoms with Gasteiger partial charge in [-0.1, -0.05) is 20.3 Å². The number of fused-ring (bicyclic) bond motifs is 1. The van der Waals surface area contributed by atoms with E-state index in [9.17, 15) is 4.79 Å². The molecule has 0 fully saturated rings. The standard InChI is InChI=1S/C16H22N2O3/c1-4-6-9-18(11(3)5-2)16-17-13-8-7-12(15(19)20)10-14(13)21-16/h7-8,10-11H,4-6,9H2,1-3H3,(H,19,20). The second-order valence-corrected chi connectivity index (χ2v) is 5.29. The Balaban J connectivity index is 2.36. The molecule has 0 saturated heterocycles. The number of hydrogen-bond acceptors (Lipinski definition) is 4. The molecule has 1 aromatic heterocycles. The van der Waals surface area contributed by atoms with Gasteiger partial charge < -0.3 is 14.4 Å². The summed E-state index contributed by atoms with van der Waals surface area (Å²) in [5.41, 5.74) is 1.43. The van der Waals surface area contributed by atoms with E-state index < -0.39 is 5.97 Å². The van der Waals surface area contributed by atoms with Gasteiger partial charge in [-0.25, -0.2) is 4.79 Å². The number of hydrogen-bond donors (Lipinski definition) is 1. The molecule has 0 spiro atoms. The van der Waals surface area contributed by atoms with Gasteiger partial charge in [0, 0.05) is 12.6 Å². The van der Waals surface area contributed by atoms with Crippen molar-refractivity contribution < 1.29 is 14.3 Å². The average molecular weight is 290 g/mol. The van der Waals surface area contributed by atoms with Crippen LogP contribution in [0.15, 0.2) is 22.6 Å². The summed E-state index contributed by atoms with van der Waals surface area (Å²) in [6, 6.07) is 5.69. The van der Waals surface area contributed by atoms with Crippen LogP contribution in [0.4, 0.5) is 6.01 Å². The third-order valence-electron chi connectivity index (χ3n) is 3.75. The minimum Gasteiger partial charge on any atom is -0.478 e. The minimum absolute atomic E-state index is 0.217. The zero-order valence-corrected chi connectivity index (χ0v) is 12.8. The smallest absolute Gasteiger partial charge is 0.335 e. The molecule has 0 aliphatic carbocycles. The molecular formula is C16H22N2O3. The molecule has 1 heterocycles. The van der Waals surface area contributed by atoms with Crippen molar-refractivity contribution in [2.75, 3.05) is 11.4 Å². The Kier molecular flexibility index (Phi) is 4.83. The first-order valence-corrected chi connectivity index (χ1v) is 7.47. The minimum atomic E-state index is -0.959. The Hall–Kier alpha value is -2.04. The van der Waals surface area contributed by atoms with E-state index in [1.807, 2.05) is 0 Å². The highest BCUT2D eigenvalue weighted by Crippen LogP contribution is 2.25. The maximum atomic E-state index is 11.0. The highest BCUT2D eigenvalue weighted by Gasteiger charge is 2.19. The van der Waals surface area contributed by atoms with Crippen molar-refractivity contribution in [3.8, 4) is 0 Å². The van der Waals surface area contributed by atoms with Gasteiger partial charge in [0.25, 0.3) is 6.01 Å². The van der Waals surface area contributed by atoms with Crippen LogP contribution in [0.5, 0.6) is 0 Å². The van der Waals surface area contributed by atoms with E-state index in [0.717, 1.165) is 25.8 Å². The molecule has 0 saturated carbocycles. The molecule has 1 atom stereocenters. The lowest BCUT2D eigenvalue weighted by Gasteiger charge is -2.26. The molecule has 5 heteroatoms. The van der Waals surface area contributed by atoms with E-state index in [1.54, 1.807) is 12.1 Å². The van der Waals surface area contributed by atoms with Gasteiger partial charge in [0.15, 0.2) is 5.58 Å². The number of nitrogens with zero attached hydrogens (tertiary/aromatic N) is 2. The van der Waals surface area contributed by atoms with Gasteiger partial charge >= 0.3 is 5.97 Å². The van der Waals surface area contributed by atoms with E-state index in [1.165, 1.54) is 6.07 Å². The van der Waals surface area contributed by atoms with Crippen LogP contribution in [-0.4, -0.2) is 28.6 Å². The molecule has 21 heavy (non-hydrogen) atoms. The molecule has 114 valence electrons. The summed E-state index contributed by atoms with van der Waals surface area (Å²) in [6.07, 6.45) is 3.18. The SMILES string of the molecule is CCCCN(c1nc2ccc(C(=O)O)cc2o1)C(C)CC. The Bertz CT molecular complexity index is 621. The van der Waals surface area contributed by atoms with Gasteiger partial charge in [-0.2, -0.15) is 4.98 Å². The van der Waals surface area contributed by atoms with Crippen molar-refractivity contribution in [2.24, 2.45) is 0 Å². The normalized spacial score (nSPS) is 12.5. The molecule has 0 aliphatic rings. The monoisotopic (exact) mass is 290 g/mol. The quantitative estimate of drug-likeness (QED) is 0.836. The summed E-state index contributed by atoms with van der Waals surface area (Å²) in [4.78, 5) is 17.7. The van der Waals surface area contributed by atoms with Gasteiger partial charge in [-0.15, -0.1) is 0 Å². The molecule has 2 rings (SSSR count). The highest BCUT2D eigenvalue weighted by atomic mass is 16.4. The second kappa shape index (κ2) is 6.61. The Labute approximate surface area is 124 Å². The number of carboxylic acid groups (broad SMARTS) is 1. The van der Waals surface area contributed by atoms with Crippen LogP contribution in [0.1, 0.15) is 50.4 Å². The fourth-order valence-electron chi connectivity index (χ4n) is 2.22. The van der Waals surface area contributed by atoms with Crippen LogP contribution in [0.3, 0.4) is 0 Å². The molecular weight excluding hydrogens is 268 g/mol. The summed E-state index contributed by atoms with van der Waals surface area (Å²) in [5.74, 6) is -0.959. The van der Waals surface area contributed by atoms with Crippen LogP contribution in [0.2, 0.25) is 0 Å². The van der Waals surface area contributed by atoms with E-state index in [0.29, 0.717) is 23.2 Å². The zero-order valence-electron chi connectivity index (χ0n) is 12.8. The fourth-order valence-corrected chi connectivity index (χ4v) is 2.22. The van der Waals surface area contributed by atoms with Crippen molar-refractivity contribution >= 4 is 23.1 Å². The van der Waals surface area contributed by atoms with E-state index >= 15 is 0 Å². The Morgan fingerprint density at radius 1 is 1.43 bits per heavy atom. The van der Waals surface area contributed by atoms with Crippen molar-refractivity contribution in [1.29, 1.82) is 0 Å². The highest BCUT2D eigenvalue weighted by molar-refractivity contribution is 5.92. The first kappa shape index (κ1) is 15.4. The summed E-state index contributed by atoms with van der Waals surface area (Å²) < 4.78 is 5.79. The number of anilines is 1. The molecule has 0 bridgehead atoms. The number of aromatic carboxylic acids is 1. The fraction of sp³-hybridized carbons (Fsp3) is 0.500. The van der Waals surface area contributed by atoms with Crippen LogP contribution in [-0.2, 0) is 0 Å². The zero-order chi connectivity index (χ0) is 15.4. The number of carboxylic acids is 1. The number of oxazole rings is 1. The van der Waals surface area contributed by atoms with Gasteiger partial charge in [0.1, 0.15) is 5.52 Å². The van der Waals surface area contributed by atoms with Crippen LogP contribution >= 0.6 is 0 Å². The predicted molar refractivity (Wildman–Crippen MR) is 83.0 cm³/mol. The largest absolute Gasteiger partial charge is 0.478 e. The van der Waals surface area contributed by atoms with Crippen molar-refractivity contribution in [2.45, 2.75) is 46.1 Å². The maximum absolute atomic E-state index is 11.0. The van der Waals surface area contributed by atoms with E-state index in [-0.39, 0.29) is 5.56 Å². The lowest BCUT2D eigenvalue weighted by Crippen LogP contribution is -2.33. The van der Waals surface area contributed by atoms with Crippen molar-refractivity contribution in [1.82, 2.24) is 4.98 Å². The van der Waals surface area contributed by atoms with Crippen LogP contribution in [0, 0.1) is 0 Å². The summed E-state index contributed by atoms with van der Waals surface area (Å²) in [5, 5.41) is 9.03. The summed E-state index contributed by atoms with van der Waals surface area (Å²) in [7, 11) is 0. The molecule has 1 aromatic carbocycles. The lowest BCUT2D eigenvalue weighted by molar-refractivity contribution is 0.0697. The van der Waals surface area contributed by atoms with Crippen molar-refractivity contribution in [3.05, 3.63) is 23.8 Å². The number of aromatic nitrogens is 1. The van der Waals surface area contributed by atoms with Gasteiger partial charge in [0.2, 0.25) is 0 Å². The molecule has 2 aromatic rings. The first-order chi connectivity index (χ1) is 10.1. The molecule has 0 radical (unpaired) electrons. The lowest BCUT2D eigenvalue weighted by atomic mass is 10.2. The average Bonchev–Trinajstić information content (AvgIpc) is 2.89. The van der Waals surface area contributed by atoms with E-state index in [2.05, 4.69) is 30.7 Å². The predicted octanol–water partition coefficient (Wildman–Crippen LogP) is 3.93. The molecule has 1 N–H and O–H groups in total.